The molecule has 0 fully saturated rings. The molecule has 4 nitrogen and oxygen atoms in total. The molecule has 0 aliphatic heterocycles. The molecule has 0 spiro atoms. The van der Waals surface area contributed by atoms with E-state index in [4.69, 9.17) is 0 Å². The zero-order valence-electron chi connectivity index (χ0n) is 13.4. The number of hydrogen-bond donors (Lipinski definition) is 1. The number of aryl methyl sites for hydroxylation is 4. The summed E-state index contributed by atoms with van der Waals surface area (Å²) in [4.78, 5) is 0. The van der Waals surface area contributed by atoms with Gasteiger partial charge in [-0.2, -0.15) is 5.10 Å². The van der Waals surface area contributed by atoms with E-state index in [1.54, 1.807) is 0 Å². The van der Waals surface area contributed by atoms with Gasteiger partial charge < -0.3 is 9.88 Å². The van der Waals surface area contributed by atoms with Crippen molar-refractivity contribution in [2.45, 2.75) is 26.7 Å². The van der Waals surface area contributed by atoms with E-state index in [1.807, 2.05) is 6.92 Å². The number of benzene rings is 1. The zero-order valence-corrected chi connectivity index (χ0v) is 13.4. The zero-order chi connectivity index (χ0) is 15.5. The highest BCUT2D eigenvalue weighted by Gasteiger charge is 2.12. The molecular weight excluding hydrogens is 272 g/mol. The monoisotopic (exact) mass is 294 g/mol. The Bertz CT molecular complexity index is 775. The number of nitrogens with one attached hydrogen (secondary N) is 1. The first-order valence-corrected chi connectivity index (χ1v) is 7.73. The fourth-order valence-electron chi connectivity index (χ4n) is 2.80. The molecule has 0 atom stereocenters. The van der Waals surface area contributed by atoms with E-state index < -0.39 is 0 Å². The van der Waals surface area contributed by atoms with E-state index in [9.17, 15) is 0 Å². The average molecular weight is 294 g/mol. The molecule has 0 aliphatic carbocycles. The summed E-state index contributed by atoms with van der Waals surface area (Å²) in [6, 6.07) is 10.6. The SMILES string of the molecule is Cc1nnc(NCCCc2ccccc2)c2c(C)n(C)cc12. The van der Waals surface area contributed by atoms with Gasteiger partial charge in [-0.3, -0.25) is 0 Å². The maximum Gasteiger partial charge on any atom is 0.158 e. The lowest BCUT2D eigenvalue weighted by molar-refractivity contribution is 0.853. The molecule has 22 heavy (non-hydrogen) atoms. The molecule has 2 heterocycles. The molecule has 0 unspecified atom stereocenters. The van der Waals surface area contributed by atoms with Gasteiger partial charge in [0.05, 0.1) is 5.69 Å². The van der Waals surface area contributed by atoms with Crippen LogP contribution < -0.4 is 5.32 Å². The van der Waals surface area contributed by atoms with Crippen LogP contribution in [0, 0.1) is 13.8 Å². The van der Waals surface area contributed by atoms with E-state index in [0.29, 0.717) is 0 Å². The molecule has 114 valence electrons. The predicted molar refractivity (Wildman–Crippen MR) is 91.2 cm³/mol. The Kier molecular flexibility index (Phi) is 4.09. The number of hydrogen-bond acceptors (Lipinski definition) is 3. The van der Waals surface area contributed by atoms with Crippen LogP contribution in [-0.2, 0) is 13.5 Å². The Morgan fingerprint density at radius 1 is 1.09 bits per heavy atom. The van der Waals surface area contributed by atoms with Crippen molar-refractivity contribution in [1.82, 2.24) is 14.8 Å². The third-order valence-electron chi connectivity index (χ3n) is 4.19. The highest BCUT2D eigenvalue weighted by molar-refractivity contribution is 5.95. The fraction of sp³-hybridized carbons (Fsp3) is 0.333. The summed E-state index contributed by atoms with van der Waals surface area (Å²) in [5, 5.41) is 14.4. The van der Waals surface area contributed by atoms with E-state index in [2.05, 4.69) is 70.6 Å². The Labute approximate surface area is 131 Å². The van der Waals surface area contributed by atoms with Crippen LogP contribution in [0.3, 0.4) is 0 Å². The third-order valence-corrected chi connectivity index (χ3v) is 4.19. The van der Waals surface area contributed by atoms with E-state index >= 15 is 0 Å². The summed E-state index contributed by atoms with van der Waals surface area (Å²) in [6.45, 7) is 5.03. The summed E-state index contributed by atoms with van der Waals surface area (Å²) >= 11 is 0. The largest absolute Gasteiger partial charge is 0.368 e. The van der Waals surface area contributed by atoms with Crippen LogP contribution in [0.5, 0.6) is 0 Å². The molecule has 0 saturated carbocycles. The van der Waals surface area contributed by atoms with Crippen LogP contribution in [-0.4, -0.2) is 21.3 Å². The van der Waals surface area contributed by atoms with Crippen LogP contribution in [0.15, 0.2) is 36.5 Å². The van der Waals surface area contributed by atoms with Crippen molar-refractivity contribution in [2.24, 2.45) is 7.05 Å². The van der Waals surface area contributed by atoms with Crippen molar-refractivity contribution < 1.29 is 0 Å². The Hall–Kier alpha value is -2.36. The quantitative estimate of drug-likeness (QED) is 0.731. The van der Waals surface area contributed by atoms with Crippen LogP contribution in [0.4, 0.5) is 5.82 Å². The van der Waals surface area contributed by atoms with Gasteiger partial charge in [0.2, 0.25) is 0 Å². The van der Waals surface area contributed by atoms with Crippen molar-refractivity contribution in [3.05, 3.63) is 53.5 Å². The first-order valence-electron chi connectivity index (χ1n) is 7.73. The van der Waals surface area contributed by atoms with Gasteiger partial charge in [-0.05, 0) is 32.3 Å². The minimum Gasteiger partial charge on any atom is -0.368 e. The minimum absolute atomic E-state index is 0.895. The summed E-state index contributed by atoms with van der Waals surface area (Å²) in [7, 11) is 2.06. The smallest absolute Gasteiger partial charge is 0.158 e. The lowest BCUT2D eigenvalue weighted by atomic mass is 10.1. The van der Waals surface area contributed by atoms with Gasteiger partial charge in [0, 0.05) is 36.3 Å². The molecule has 3 aromatic rings. The molecular formula is C18H22N4. The maximum absolute atomic E-state index is 4.35. The van der Waals surface area contributed by atoms with Gasteiger partial charge in [0.1, 0.15) is 0 Å². The van der Waals surface area contributed by atoms with E-state index in [1.165, 1.54) is 22.0 Å². The molecule has 4 heteroatoms. The maximum atomic E-state index is 4.35. The summed E-state index contributed by atoms with van der Waals surface area (Å²) in [5.41, 5.74) is 3.58. The third kappa shape index (κ3) is 2.82. The minimum atomic E-state index is 0.895. The second kappa shape index (κ2) is 6.18. The summed E-state index contributed by atoms with van der Waals surface area (Å²) < 4.78 is 2.14. The second-order valence-corrected chi connectivity index (χ2v) is 5.76. The van der Waals surface area contributed by atoms with E-state index in [0.717, 1.165) is 30.9 Å². The molecule has 0 bridgehead atoms. The van der Waals surface area contributed by atoms with Crippen LogP contribution in [0.2, 0.25) is 0 Å². The normalized spacial score (nSPS) is 11.0. The van der Waals surface area contributed by atoms with Crippen molar-refractivity contribution in [2.75, 3.05) is 11.9 Å². The topological polar surface area (TPSA) is 42.7 Å². The molecule has 3 rings (SSSR count). The van der Waals surface area contributed by atoms with Crippen LogP contribution in [0.25, 0.3) is 10.8 Å². The van der Waals surface area contributed by atoms with Crippen molar-refractivity contribution in [3.63, 3.8) is 0 Å². The molecule has 0 amide bonds. The average Bonchev–Trinajstić information content (AvgIpc) is 2.84. The Morgan fingerprint density at radius 3 is 2.64 bits per heavy atom. The van der Waals surface area contributed by atoms with Crippen molar-refractivity contribution in [3.8, 4) is 0 Å². The molecule has 1 N–H and O–H groups in total. The number of aromatic nitrogens is 3. The van der Waals surface area contributed by atoms with Crippen LogP contribution >= 0.6 is 0 Å². The standard InChI is InChI=1S/C18H22N4/c1-13-16-12-22(3)14(2)17(16)18(21-20-13)19-11-7-10-15-8-5-4-6-9-15/h4-6,8-9,12H,7,10-11H2,1-3H3,(H,19,21). The van der Waals surface area contributed by atoms with Gasteiger partial charge in [0.25, 0.3) is 0 Å². The second-order valence-electron chi connectivity index (χ2n) is 5.76. The van der Waals surface area contributed by atoms with Gasteiger partial charge in [-0.1, -0.05) is 30.3 Å². The van der Waals surface area contributed by atoms with Gasteiger partial charge in [0.15, 0.2) is 5.82 Å². The Balaban J connectivity index is 1.70. The van der Waals surface area contributed by atoms with E-state index in [-0.39, 0.29) is 0 Å². The van der Waals surface area contributed by atoms with Crippen molar-refractivity contribution in [1.29, 1.82) is 0 Å². The predicted octanol–water partition coefficient (Wildman–Crippen LogP) is 3.63. The van der Waals surface area contributed by atoms with Gasteiger partial charge in [-0.15, -0.1) is 5.10 Å². The molecule has 0 radical (unpaired) electrons. The highest BCUT2D eigenvalue weighted by Crippen LogP contribution is 2.27. The Morgan fingerprint density at radius 2 is 1.86 bits per heavy atom. The number of rotatable bonds is 5. The first-order chi connectivity index (χ1) is 10.7. The first kappa shape index (κ1) is 14.6. The van der Waals surface area contributed by atoms with Gasteiger partial charge >= 0.3 is 0 Å². The summed E-state index contributed by atoms with van der Waals surface area (Å²) in [5.74, 6) is 0.895. The molecule has 0 saturated heterocycles. The lowest BCUT2D eigenvalue weighted by Crippen LogP contribution is -2.06. The highest BCUT2D eigenvalue weighted by atomic mass is 15.2. The molecule has 0 aliphatic rings. The van der Waals surface area contributed by atoms with Crippen LogP contribution in [0.1, 0.15) is 23.4 Å². The number of nitrogens with zero attached hydrogens (tertiary/aromatic N) is 3. The lowest BCUT2D eigenvalue weighted by Gasteiger charge is -2.08. The molecule has 2 aromatic heterocycles. The van der Waals surface area contributed by atoms with Gasteiger partial charge in [-0.25, -0.2) is 0 Å². The van der Waals surface area contributed by atoms with Crippen molar-refractivity contribution >= 4 is 16.6 Å². The fourth-order valence-corrected chi connectivity index (χ4v) is 2.80. The number of anilines is 1. The molecule has 1 aromatic carbocycles. The summed E-state index contributed by atoms with van der Waals surface area (Å²) in [6.07, 6.45) is 4.28. The number of fused-ring (bicyclic) bond motifs is 1.